The molecule has 0 aliphatic heterocycles. The van der Waals surface area contributed by atoms with Gasteiger partial charge in [0.1, 0.15) is 12.4 Å². The number of ether oxygens (including phenoxy) is 2. The third-order valence-electron chi connectivity index (χ3n) is 2.82. The minimum Gasteiger partial charge on any atom is -0.434 e. The van der Waals surface area contributed by atoms with Crippen molar-refractivity contribution in [2.75, 3.05) is 13.2 Å². The second kappa shape index (κ2) is 9.42. The van der Waals surface area contributed by atoms with Crippen LogP contribution in [-0.4, -0.2) is 23.9 Å². The van der Waals surface area contributed by atoms with Gasteiger partial charge in [0, 0.05) is 0 Å². The molecular weight excluding hydrogens is 244 g/mol. The molecule has 5 heteroatoms. The third-order valence-corrected chi connectivity index (χ3v) is 2.82. The molecule has 1 heterocycles. The van der Waals surface area contributed by atoms with E-state index in [4.69, 9.17) is 9.47 Å². The molecule has 5 nitrogen and oxygen atoms in total. The Morgan fingerprint density at radius 3 is 2.42 bits per heavy atom. The molecule has 0 saturated heterocycles. The third kappa shape index (κ3) is 7.49. The van der Waals surface area contributed by atoms with Crippen LogP contribution >= 0.6 is 0 Å². The van der Waals surface area contributed by atoms with Gasteiger partial charge in [-0.1, -0.05) is 19.8 Å². The van der Waals surface area contributed by atoms with Crippen LogP contribution in [0.1, 0.15) is 39.0 Å². The van der Waals surface area contributed by atoms with Gasteiger partial charge in [-0.2, -0.15) is 0 Å². The molecule has 0 unspecified atom stereocenters. The summed E-state index contributed by atoms with van der Waals surface area (Å²) >= 11 is 0. The molecule has 1 rings (SSSR count). The largest absolute Gasteiger partial charge is 0.508 e. The van der Waals surface area contributed by atoms with Crippen LogP contribution in [0, 0.1) is 0 Å². The number of aryl methyl sites for hydroxylation is 2. The molecule has 0 fully saturated rings. The van der Waals surface area contributed by atoms with Crippen molar-refractivity contribution in [1.29, 1.82) is 0 Å². The van der Waals surface area contributed by atoms with E-state index in [1.165, 1.54) is 0 Å². The monoisotopic (exact) mass is 269 g/mol. The van der Waals surface area contributed by atoms with Crippen LogP contribution in [-0.2, 0) is 23.1 Å². The topological polar surface area (TPSA) is 44.3 Å². The van der Waals surface area contributed by atoms with Crippen molar-refractivity contribution in [3.8, 4) is 0 Å². The van der Waals surface area contributed by atoms with Gasteiger partial charge >= 0.3 is 6.16 Å². The van der Waals surface area contributed by atoms with E-state index >= 15 is 0 Å². The summed E-state index contributed by atoms with van der Waals surface area (Å²) in [6.45, 7) is 3.95. The van der Waals surface area contributed by atoms with Gasteiger partial charge in [0.05, 0.1) is 26.8 Å². The molecule has 0 saturated carbocycles. The number of rotatable bonds is 9. The highest BCUT2D eigenvalue weighted by atomic mass is 16.7. The van der Waals surface area contributed by atoms with Crippen molar-refractivity contribution in [3.05, 3.63) is 18.7 Å². The van der Waals surface area contributed by atoms with Crippen molar-refractivity contribution in [2.24, 2.45) is 7.05 Å². The second-order valence-corrected chi connectivity index (χ2v) is 4.68. The molecular formula is C14H25N2O3+. The number of hydrogen-bond acceptors (Lipinski definition) is 3. The zero-order valence-corrected chi connectivity index (χ0v) is 12.0. The van der Waals surface area contributed by atoms with Gasteiger partial charge < -0.3 is 9.47 Å². The van der Waals surface area contributed by atoms with Crippen molar-refractivity contribution in [1.82, 2.24) is 4.57 Å². The van der Waals surface area contributed by atoms with Crippen molar-refractivity contribution in [2.45, 2.75) is 45.6 Å². The fourth-order valence-electron chi connectivity index (χ4n) is 1.74. The van der Waals surface area contributed by atoms with Crippen LogP contribution in [0.4, 0.5) is 4.79 Å². The maximum absolute atomic E-state index is 11.2. The molecule has 1 aromatic rings. The van der Waals surface area contributed by atoms with Gasteiger partial charge in [0.2, 0.25) is 6.33 Å². The predicted octanol–water partition coefficient (Wildman–Crippen LogP) is 2.44. The fraction of sp³-hybridized carbons (Fsp3) is 0.714. The molecule has 0 atom stereocenters. The average Bonchev–Trinajstić information content (AvgIpc) is 2.80. The normalized spacial score (nSPS) is 10.4. The Morgan fingerprint density at radius 1 is 1.16 bits per heavy atom. The van der Waals surface area contributed by atoms with Crippen LogP contribution < -0.4 is 4.57 Å². The molecule has 0 radical (unpaired) electrons. The SMILES string of the molecule is CCCCCOC(=O)OCCCCn1cc[n+](C)c1. The van der Waals surface area contributed by atoms with Gasteiger partial charge in [0.25, 0.3) is 0 Å². The maximum Gasteiger partial charge on any atom is 0.508 e. The second-order valence-electron chi connectivity index (χ2n) is 4.68. The Hall–Kier alpha value is -1.52. The summed E-state index contributed by atoms with van der Waals surface area (Å²) in [7, 11) is 1.99. The van der Waals surface area contributed by atoms with Gasteiger partial charge in [-0.15, -0.1) is 0 Å². The lowest BCUT2D eigenvalue weighted by Crippen LogP contribution is -2.23. The number of hydrogen-bond donors (Lipinski definition) is 0. The van der Waals surface area contributed by atoms with E-state index in [-0.39, 0.29) is 0 Å². The van der Waals surface area contributed by atoms with E-state index in [9.17, 15) is 4.79 Å². The lowest BCUT2D eigenvalue weighted by molar-refractivity contribution is -0.671. The van der Waals surface area contributed by atoms with E-state index in [0.717, 1.165) is 38.6 Å². The molecule has 0 aromatic carbocycles. The summed E-state index contributed by atoms with van der Waals surface area (Å²) in [6.07, 6.45) is 10.5. The summed E-state index contributed by atoms with van der Waals surface area (Å²) in [5, 5.41) is 0. The number of carbonyl (C=O) groups excluding carboxylic acids is 1. The first-order valence-electron chi connectivity index (χ1n) is 7.03. The first kappa shape index (κ1) is 15.5. The number of carbonyl (C=O) groups is 1. The highest BCUT2D eigenvalue weighted by Crippen LogP contribution is 1.98. The highest BCUT2D eigenvalue weighted by molar-refractivity contribution is 5.59. The quantitative estimate of drug-likeness (QED) is 0.393. The Labute approximate surface area is 115 Å². The van der Waals surface area contributed by atoms with Gasteiger partial charge in [-0.3, -0.25) is 0 Å². The van der Waals surface area contributed by atoms with Crippen molar-refractivity contribution >= 4 is 6.16 Å². The van der Waals surface area contributed by atoms with E-state index < -0.39 is 6.16 Å². The molecule has 108 valence electrons. The number of imidazole rings is 1. The molecule has 1 aromatic heterocycles. The van der Waals surface area contributed by atoms with Crippen LogP contribution in [0.5, 0.6) is 0 Å². The molecule has 0 aliphatic rings. The standard InChI is InChI=1S/C14H25N2O3/c1-3-4-6-11-18-14(17)19-12-7-5-8-16-10-9-15(2)13-16/h9-10,13H,3-8,11-12H2,1-2H3/q+1. The molecule has 0 N–H and O–H groups in total. The Bertz CT molecular complexity index is 363. The number of unbranched alkanes of at least 4 members (excludes halogenated alkanes) is 3. The number of aromatic nitrogens is 2. The zero-order valence-electron chi connectivity index (χ0n) is 12.0. The molecule has 0 amide bonds. The molecule has 0 aliphatic carbocycles. The van der Waals surface area contributed by atoms with Crippen LogP contribution in [0.2, 0.25) is 0 Å². The van der Waals surface area contributed by atoms with E-state index in [0.29, 0.717) is 13.2 Å². The maximum atomic E-state index is 11.2. The first-order valence-corrected chi connectivity index (χ1v) is 7.03. The van der Waals surface area contributed by atoms with Crippen LogP contribution in [0.25, 0.3) is 0 Å². The number of nitrogens with zero attached hydrogens (tertiary/aromatic N) is 2. The average molecular weight is 269 g/mol. The lowest BCUT2D eigenvalue weighted by atomic mass is 10.3. The first-order chi connectivity index (χ1) is 9.22. The highest BCUT2D eigenvalue weighted by Gasteiger charge is 2.04. The summed E-state index contributed by atoms with van der Waals surface area (Å²) in [4.78, 5) is 11.2. The van der Waals surface area contributed by atoms with Gasteiger partial charge in [-0.25, -0.2) is 13.9 Å². The Balaban J connectivity index is 1.94. The predicted molar refractivity (Wildman–Crippen MR) is 71.7 cm³/mol. The van der Waals surface area contributed by atoms with Crippen LogP contribution in [0.3, 0.4) is 0 Å². The van der Waals surface area contributed by atoms with Gasteiger partial charge in [-0.05, 0) is 19.3 Å². The summed E-state index contributed by atoms with van der Waals surface area (Å²) < 4.78 is 14.1. The van der Waals surface area contributed by atoms with E-state index in [1.807, 2.05) is 30.3 Å². The summed E-state index contributed by atoms with van der Waals surface area (Å²) in [5.41, 5.74) is 0. The zero-order chi connectivity index (χ0) is 13.9. The summed E-state index contributed by atoms with van der Waals surface area (Å²) in [5.74, 6) is 0. The minimum atomic E-state index is -0.538. The fourth-order valence-corrected chi connectivity index (χ4v) is 1.74. The smallest absolute Gasteiger partial charge is 0.434 e. The molecule has 0 bridgehead atoms. The molecule has 19 heavy (non-hydrogen) atoms. The Kier molecular flexibility index (Phi) is 7.70. The minimum absolute atomic E-state index is 0.431. The van der Waals surface area contributed by atoms with Crippen molar-refractivity contribution in [3.63, 3.8) is 0 Å². The van der Waals surface area contributed by atoms with Gasteiger partial charge in [0.15, 0.2) is 0 Å². The van der Waals surface area contributed by atoms with E-state index in [1.54, 1.807) is 0 Å². The van der Waals surface area contributed by atoms with Crippen molar-refractivity contribution < 1.29 is 18.8 Å². The lowest BCUT2D eigenvalue weighted by Gasteiger charge is -2.05. The van der Waals surface area contributed by atoms with E-state index in [2.05, 4.69) is 11.5 Å². The Morgan fingerprint density at radius 2 is 1.84 bits per heavy atom. The van der Waals surface area contributed by atoms with Crippen LogP contribution in [0.15, 0.2) is 18.7 Å². The molecule has 0 spiro atoms. The summed E-state index contributed by atoms with van der Waals surface area (Å²) in [6, 6.07) is 0.